The van der Waals surface area contributed by atoms with Crippen LogP contribution >= 0.6 is 15.9 Å². The summed E-state index contributed by atoms with van der Waals surface area (Å²) < 4.78 is 6.95. The zero-order chi connectivity index (χ0) is 21.9. The van der Waals surface area contributed by atoms with E-state index in [1.165, 1.54) is 5.56 Å². The minimum Gasteiger partial charge on any atom is -0.488 e. The molecule has 0 saturated heterocycles. The van der Waals surface area contributed by atoms with E-state index in [9.17, 15) is 0 Å². The number of halogens is 1. The van der Waals surface area contributed by atoms with Crippen LogP contribution in [0.3, 0.4) is 0 Å². The summed E-state index contributed by atoms with van der Waals surface area (Å²) in [4.78, 5) is 7.72. The van der Waals surface area contributed by atoms with Gasteiger partial charge in [-0.15, -0.1) is 10.2 Å². The normalized spacial score (nSPS) is 11.4. The van der Waals surface area contributed by atoms with Gasteiger partial charge in [0.2, 0.25) is 0 Å². The van der Waals surface area contributed by atoms with Crippen molar-refractivity contribution < 1.29 is 4.74 Å². The van der Waals surface area contributed by atoms with Crippen molar-refractivity contribution in [3.05, 3.63) is 87.9 Å². The molecule has 0 unspecified atom stereocenters. The molecule has 0 amide bonds. The number of nitrogens with zero attached hydrogens (tertiary/aromatic N) is 4. The van der Waals surface area contributed by atoms with Crippen molar-refractivity contribution in [3.63, 3.8) is 0 Å². The van der Waals surface area contributed by atoms with Crippen LogP contribution in [-0.4, -0.2) is 26.4 Å². The fraction of sp³-hybridized carbons (Fsp3) is 0.0833. The molecular weight excluding hydrogens is 468 g/mol. The number of para-hydroxylation sites is 1. The Morgan fingerprint density at radius 1 is 1.06 bits per heavy atom. The number of anilines is 1. The van der Waals surface area contributed by atoms with Crippen molar-refractivity contribution in [3.8, 4) is 5.75 Å². The van der Waals surface area contributed by atoms with Gasteiger partial charge in [0.15, 0.2) is 5.65 Å². The molecule has 0 aliphatic carbocycles. The molecule has 2 aromatic heterocycles. The highest BCUT2D eigenvalue weighted by atomic mass is 79.9. The van der Waals surface area contributed by atoms with Crippen LogP contribution in [0.5, 0.6) is 5.75 Å². The number of aromatic amines is 1. The number of aromatic nitrogens is 4. The number of aryl methyl sites for hydroxylation is 1. The van der Waals surface area contributed by atoms with E-state index < -0.39 is 0 Å². The van der Waals surface area contributed by atoms with Gasteiger partial charge in [0, 0.05) is 20.9 Å². The van der Waals surface area contributed by atoms with Crippen LogP contribution in [0.25, 0.3) is 22.1 Å². The van der Waals surface area contributed by atoms with E-state index in [1.54, 1.807) is 6.21 Å². The van der Waals surface area contributed by atoms with Crippen LogP contribution < -0.4 is 10.2 Å². The van der Waals surface area contributed by atoms with E-state index in [1.807, 2.05) is 42.5 Å². The summed E-state index contributed by atoms with van der Waals surface area (Å²) in [7, 11) is 0. The summed E-state index contributed by atoms with van der Waals surface area (Å²) in [6.07, 6.45) is 1.67. The summed E-state index contributed by atoms with van der Waals surface area (Å²) in [5.41, 5.74) is 8.35. The van der Waals surface area contributed by atoms with Gasteiger partial charge in [-0.3, -0.25) is 0 Å². The number of H-pyrrole nitrogens is 1. The molecule has 158 valence electrons. The van der Waals surface area contributed by atoms with Crippen LogP contribution in [-0.2, 0) is 6.61 Å². The lowest BCUT2D eigenvalue weighted by molar-refractivity contribution is 0.305. The third kappa shape index (κ3) is 4.31. The van der Waals surface area contributed by atoms with E-state index in [2.05, 4.69) is 77.8 Å². The maximum Gasteiger partial charge on any atom is 0.265 e. The van der Waals surface area contributed by atoms with Gasteiger partial charge in [0.05, 0.1) is 6.21 Å². The third-order valence-electron chi connectivity index (χ3n) is 4.98. The van der Waals surface area contributed by atoms with Crippen LogP contribution in [0.1, 0.15) is 16.7 Å². The number of rotatable bonds is 6. The predicted octanol–water partition coefficient (Wildman–Crippen LogP) is 5.60. The molecule has 32 heavy (non-hydrogen) atoms. The summed E-state index contributed by atoms with van der Waals surface area (Å²) in [5, 5.41) is 13.7. The molecule has 0 aliphatic heterocycles. The Balaban J connectivity index is 1.33. The largest absolute Gasteiger partial charge is 0.488 e. The molecule has 0 spiro atoms. The summed E-state index contributed by atoms with van der Waals surface area (Å²) in [5.74, 6) is 1.03. The molecule has 2 N–H and O–H groups in total. The maximum absolute atomic E-state index is 6.02. The summed E-state index contributed by atoms with van der Waals surface area (Å²) in [6, 6.07) is 22.0. The van der Waals surface area contributed by atoms with Crippen LogP contribution in [0.4, 0.5) is 5.95 Å². The minimum atomic E-state index is 0.303. The molecule has 5 aromatic rings. The van der Waals surface area contributed by atoms with Crippen LogP contribution in [0.15, 0.2) is 76.3 Å². The van der Waals surface area contributed by atoms with Crippen molar-refractivity contribution in [1.29, 1.82) is 0 Å². The molecule has 5 rings (SSSR count). The number of hydrogen-bond donors (Lipinski definition) is 2. The Bertz CT molecular complexity index is 1430. The summed E-state index contributed by atoms with van der Waals surface area (Å²) in [6.45, 7) is 2.54. The predicted molar refractivity (Wildman–Crippen MR) is 130 cm³/mol. The highest BCUT2D eigenvalue weighted by Crippen LogP contribution is 2.24. The quantitative estimate of drug-likeness (QED) is 0.240. The molecule has 0 atom stereocenters. The monoisotopic (exact) mass is 486 g/mol. The van der Waals surface area contributed by atoms with E-state index in [-0.39, 0.29) is 0 Å². The number of benzene rings is 3. The molecule has 0 radical (unpaired) electrons. The van der Waals surface area contributed by atoms with E-state index >= 15 is 0 Å². The van der Waals surface area contributed by atoms with Crippen molar-refractivity contribution in [2.45, 2.75) is 13.5 Å². The number of hydrazone groups is 1. The first-order chi connectivity index (χ1) is 15.7. The number of hydrogen-bond acceptors (Lipinski definition) is 6. The van der Waals surface area contributed by atoms with Crippen LogP contribution in [0.2, 0.25) is 0 Å². The third-order valence-corrected chi connectivity index (χ3v) is 5.47. The second kappa shape index (κ2) is 8.76. The van der Waals surface area contributed by atoms with Crippen molar-refractivity contribution in [2.75, 3.05) is 5.43 Å². The van der Waals surface area contributed by atoms with Crippen LogP contribution in [0, 0.1) is 6.92 Å². The topological polar surface area (TPSA) is 88.1 Å². The lowest BCUT2D eigenvalue weighted by Crippen LogP contribution is -2.01. The van der Waals surface area contributed by atoms with E-state index in [0.29, 0.717) is 18.2 Å². The van der Waals surface area contributed by atoms with Gasteiger partial charge in [0.1, 0.15) is 17.9 Å². The molecular formula is C24H19BrN6O. The fourth-order valence-corrected chi connectivity index (χ4v) is 3.70. The highest BCUT2D eigenvalue weighted by Gasteiger charge is 2.08. The first kappa shape index (κ1) is 20.1. The van der Waals surface area contributed by atoms with Gasteiger partial charge in [-0.05, 0) is 36.8 Å². The van der Waals surface area contributed by atoms with Crippen molar-refractivity contribution in [1.82, 2.24) is 20.2 Å². The Morgan fingerprint density at radius 2 is 1.91 bits per heavy atom. The van der Waals surface area contributed by atoms with Crippen molar-refractivity contribution in [2.24, 2.45) is 5.10 Å². The van der Waals surface area contributed by atoms with Crippen molar-refractivity contribution >= 4 is 50.2 Å². The summed E-state index contributed by atoms with van der Waals surface area (Å²) >= 11 is 3.50. The Hall–Kier alpha value is -3.78. The lowest BCUT2D eigenvalue weighted by Gasteiger charge is -2.10. The van der Waals surface area contributed by atoms with Gasteiger partial charge >= 0.3 is 0 Å². The fourth-order valence-electron chi connectivity index (χ4n) is 3.32. The Labute approximate surface area is 192 Å². The smallest absolute Gasteiger partial charge is 0.265 e. The molecule has 0 bridgehead atoms. The molecule has 7 nitrogen and oxygen atoms in total. The zero-order valence-corrected chi connectivity index (χ0v) is 18.8. The van der Waals surface area contributed by atoms with Gasteiger partial charge in [-0.2, -0.15) is 10.1 Å². The number of nitrogens with one attached hydrogen (secondary N) is 2. The van der Waals surface area contributed by atoms with E-state index in [4.69, 9.17) is 4.74 Å². The van der Waals surface area contributed by atoms with Gasteiger partial charge in [0.25, 0.3) is 5.95 Å². The van der Waals surface area contributed by atoms with Gasteiger partial charge in [-0.25, -0.2) is 5.43 Å². The molecule has 2 heterocycles. The zero-order valence-electron chi connectivity index (χ0n) is 17.2. The molecule has 3 aromatic carbocycles. The second-order valence-corrected chi connectivity index (χ2v) is 8.25. The average Bonchev–Trinajstić information content (AvgIpc) is 3.17. The standard InChI is InChI=1S/C24H19BrN6O/c1-15-6-8-16(9-7-15)14-32-21-11-10-18(25)12-17(21)13-26-30-24-28-23-22(29-31-24)19-4-2-3-5-20(19)27-23/h2-13H,14H2,1H3,(H2,27,28,30,31)/b26-13+. The molecule has 0 saturated carbocycles. The first-order valence-electron chi connectivity index (χ1n) is 10.0. The molecule has 0 fully saturated rings. The van der Waals surface area contributed by atoms with Gasteiger partial charge in [-0.1, -0.05) is 64.0 Å². The first-order valence-corrected chi connectivity index (χ1v) is 10.8. The van der Waals surface area contributed by atoms with Gasteiger partial charge < -0.3 is 9.72 Å². The highest BCUT2D eigenvalue weighted by molar-refractivity contribution is 9.10. The molecule has 8 heteroatoms. The lowest BCUT2D eigenvalue weighted by atomic mass is 10.1. The molecule has 0 aliphatic rings. The number of ether oxygens (including phenoxy) is 1. The minimum absolute atomic E-state index is 0.303. The van der Waals surface area contributed by atoms with E-state index in [0.717, 1.165) is 37.8 Å². The maximum atomic E-state index is 6.02. The second-order valence-electron chi connectivity index (χ2n) is 7.33. The number of fused-ring (bicyclic) bond motifs is 3. The Kier molecular flexibility index (Phi) is 5.51. The average molecular weight is 487 g/mol. The Morgan fingerprint density at radius 3 is 2.78 bits per heavy atom. The SMILES string of the molecule is Cc1ccc(COc2ccc(Br)cc2/C=N/Nc2nnc3c(n2)[nH]c2ccccc23)cc1.